The van der Waals surface area contributed by atoms with E-state index < -0.39 is 0 Å². The second-order valence-electron chi connectivity index (χ2n) is 6.30. The summed E-state index contributed by atoms with van der Waals surface area (Å²) in [6.07, 6.45) is 4.99. The molecule has 2 heterocycles. The molecule has 0 saturated carbocycles. The van der Waals surface area contributed by atoms with E-state index in [-0.39, 0.29) is 0 Å². The summed E-state index contributed by atoms with van der Waals surface area (Å²) in [5.74, 6) is 0. The van der Waals surface area contributed by atoms with Crippen LogP contribution in [0.3, 0.4) is 0 Å². The van der Waals surface area contributed by atoms with Gasteiger partial charge in [0.1, 0.15) is 0 Å². The van der Waals surface area contributed by atoms with Crippen molar-refractivity contribution in [3.8, 4) is 11.3 Å². The highest BCUT2D eigenvalue weighted by Crippen LogP contribution is 2.35. The summed E-state index contributed by atoms with van der Waals surface area (Å²) in [6.45, 7) is 0.718. The lowest BCUT2D eigenvalue weighted by atomic mass is 10.0. The normalized spacial score (nSPS) is 11.4. The molecule has 3 nitrogen and oxygen atoms in total. The Bertz CT molecular complexity index is 1040. The molecule has 2 aromatic heterocycles. The zero-order chi connectivity index (χ0) is 17.2. The number of aromatic amines is 1. The van der Waals surface area contributed by atoms with Crippen molar-refractivity contribution >= 4 is 33.4 Å². The molecular weight excluding hydrogens is 330 g/mol. The molecule has 4 rings (SSSR count). The first-order valence-electron chi connectivity index (χ1n) is 8.62. The van der Waals surface area contributed by atoms with Gasteiger partial charge in [-0.15, -0.1) is 0 Å². The lowest BCUT2D eigenvalue weighted by Crippen LogP contribution is -1.99. The van der Waals surface area contributed by atoms with Crippen LogP contribution < -0.4 is 5.73 Å². The Labute approximate surface area is 151 Å². The quantitative estimate of drug-likeness (QED) is 0.479. The van der Waals surface area contributed by atoms with Crippen molar-refractivity contribution in [2.45, 2.75) is 19.3 Å². The average molecular weight is 350 g/mol. The van der Waals surface area contributed by atoms with Gasteiger partial charge in [-0.25, -0.2) is 0 Å². The van der Waals surface area contributed by atoms with Gasteiger partial charge >= 0.3 is 0 Å². The molecule has 0 amide bonds. The molecule has 126 valence electrons. The molecule has 0 fully saturated rings. The number of rotatable bonds is 5. The van der Waals surface area contributed by atoms with E-state index in [1.165, 1.54) is 10.9 Å². The number of nitrogens with one attached hydrogen (secondary N) is 1. The Balaban J connectivity index is 1.89. The van der Waals surface area contributed by atoms with Gasteiger partial charge in [-0.2, -0.15) is 0 Å². The first-order valence-corrected chi connectivity index (χ1v) is 9.00. The number of hydrogen-bond acceptors (Lipinski definition) is 2. The zero-order valence-corrected chi connectivity index (χ0v) is 14.7. The number of para-hydroxylation sites is 2. The molecule has 0 atom stereocenters. The predicted octanol–water partition coefficient (Wildman–Crippen LogP) is 5.32. The highest BCUT2D eigenvalue weighted by atomic mass is 35.5. The van der Waals surface area contributed by atoms with Gasteiger partial charge in [0.2, 0.25) is 0 Å². The van der Waals surface area contributed by atoms with Crippen LogP contribution >= 0.6 is 11.6 Å². The fourth-order valence-corrected chi connectivity index (χ4v) is 3.62. The van der Waals surface area contributed by atoms with Crippen LogP contribution in [0.25, 0.3) is 33.1 Å². The smallest absolute Gasteiger partial charge is 0.0702 e. The molecule has 4 heteroatoms. The van der Waals surface area contributed by atoms with E-state index in [1.807, 2.05) is 36.5 Å². The summed E-state index contributed by atoms with van der Waals surface area (Å²) in [4.78, 5) is 8.15. The predicted molar refractivity (Wildman–Crippen MR) is 106 cm³/mol. The summed E-state index contributed by atoms with van der Waals surface area (Å²) in [7, 11) is 0. The van der Waals surface area contributed by atoms with E-state index in [9.17, 15) is 0 Å². The molecule has 0 aliphatic heterocycles. The van der Waals surface area contributed by atoms with Gasteiger partial charge in [-0.1, -0.05) is 41.9 Å². The molecule has 0 bridgehead atoms. The number of aromatic nitrogens is 2. The van der Waals surface area contributed by atoms with Crippen molar-refractivity contribution in [2.75, 3.05) is 6.54 Å². The molecule has 4 aromatic rings. The second kappa shape index (κ2) is 6.87. The van der Waals surface area contributed by atoms with Crippen LogP contribution in [-0.2, 0) is 6.42 Å². The van der Waals surface area contributed by atoms with Gasteiger partial charge in [0, 0.05) is 22.5 Å². The summed E-state index contributed by atoms with van der Waals surface area (Å²) in [6, 6.07) is 16.4. The van der Waals surface area contributed by atoms with Crippen molar-refractivity contribution in [2.24, 2.45) is 5.73 Å². The SMILES string of the molecule is NCCCCc1c(-c2cnc3ccccc3c2)[nH]c2c(Cl)cccc12. The van der Waals surface area contributed by atoms with Gasteiger partial charge < -0.3 is 10.7 Å². The minimum Gasteiger partial charge on any atom is -0.353 e. The van der Waals surface area contributed by atoms with Crippen LogP contribution in [0.4, 0.5) is 0 Å². The van der Waals surface area contributed by atoms with Crippen molar-refractivity contribution in [3.63, 3.8) is 0 Å². The molecule has 25 heavy (non-hydrogen) atoms. The molecule has 2 aromatic carbocycles. The Morgan fingerprint density at radius 2 is 1.92 bits per heavy atom. The van der Waals surface area contributed by atoms with E-state index in [0.717, 1.165) is 58.5 Å². The largest absolute Gasteiger partial charge is 0.353 e. The Morgan fingerprint density at radius 1 is 1.04 bits per heavy atom. The van der Waals surface area contributed by atoms with Gasteiger partial charge in [-0.05, 0) is 49.6 Å². The second-order valence-corrected chi connectivity index (χ2v) is 6.71. The fraction of sp³-hybridized carbons (Fsp3) is 0.190. The standard InChI is InChI=1S/C21H20ClN3/c22-18-9-5-8-17-16(7-3-4-11-23)20(25-21(17)18)15-12-14-6-1-2-10-19(14)24-13-15/h1-2,5-6,8-10,12-13,25H,3-4,7,11,23H2. The lowest BCUT2D eigenvalue weighted by molar-refractivity contribution is 0.748. The third kappa shape index (κ3) is 3.01. The van der Waals surface area contributed by atoms with Gasteiger partial charge in [0.15, 0.2) is 0 Å². The number of nitrogens with two attached hydrogens (primary N) is 1. The topological polar surface area (TPSA) is 54.7 Å². The molecule has 0 saturated heterocycles. The number of hydrogen-bond donors (Lipinski definition) is 2. The van der Waals surface area contributed by atoms with Crippen LogP contribution in [-0.4, -0.2) is 16.5 Å². The van der Waals surface area contributed by atoms with Crippen LogP contribution in [0.1, 0.15) is 18.4 Å². The molecule has 0 unspecified atom stereocenters. The highest BCUT2D eigenvalue weighted by molar-refractivity contribution is 6.35. The third-order valence-electron chi connectivity index (χ3n) is 4.65. The number of H-pyrrole nitrogens is 1. The molecule has 0 aliphatic carbocycles. The van der Waals surface area contributed by atoms with Crippen molar-refractivity contribution < 1.29 is 0 Å². The highest BCUT2D eigenvalue weighted by Gasteiger charge is 2.15. The molecular formula is C21H20ClN3. The van der Waals surface area contributed by atoms with E-state index >= 15 is 0 Å². The number of pyridine rings is 1. The molecule has 3 N–H and O–H groups in total. The first kappa shape index (κ1) is 16.1. The summed E-state index contributed by atoms with van der Waals surface area (Å²) >= 11 is 6.42. The summed E-state index contributed by atoms with van der Waals surface area (Å²) in [5.41, 5.74) is 11.2. The maximum absolute atomic E-state index is 6.42. The van der Waals surface area contributed by atoms with Crippen molar-refractivity contribution in [3.05, 3.63) is 65.3 Å². The van der Waals surface area contributed by atoms with Gasteiger partial charge in [-0.3, -0.25) is 4.98 Å². The number of fused-ring (bicyclic) bond motifs is 2. The fourth-order valence-electron chi connectivity index (χ4n) is 3.40. The zero-order valence-electron chi connectivity index (χ0n) is 13.9. The molecule has 0 aliphatic rings. The maximum atomic E-state index is 6.42. The van der Waals surface area contributed by atoms with Crippen molar-refractivity contribution in [1.82, 2.24) is 9.97 Å². The van der Waals surface area contributed by atoms with Crippen LogP contribution in [0.2, 0.25) is 5.02 Å². The average Bonchev–Trinajstić information content (AvgIpc) is 3.02. The first-order chi connectivity index (χ1) is 12.3. The Morgan fingerprint density at radius 3 is 2.80 bits per heavy atom. The number of aryl methyl sites for hydroxylation is 1. The van der Waals surface area contributed by atoms with Crippen LogP contribution in [0.5, 0.6) is 0 Å². The van der Waals surface area contributed by atoms with E-state index in [4.69, 9.17) is 17.3 Å². The van der Waals surface area contributed by atoms with E-state index in [0.29, 0.717) is 0 Å². The third-order valence-corrected chi connectivity index (χ3v) is 4.97. The summed E-state index contributed by atoms with van der Waals surface area (Å²) in [5, 5.41) is 3.07. The minimum atomic E-state index is 0.718. The summed E-state index contributed by atoms with van der Waals surface area (Å²) < 4.78 is 0. The number of benzene rings is 2. The Kier molecular flexibility index (Phi) is 4.43. The van der Waals surface area contributed by atoms with E-state index in [1.54, 1.807) is 0 Å². The maximum Gasteiger partial charge on any atom is 0.0702 e. The monoisotopic (exact) mass is 349 g/mol. The van der Waals surface area contributed by atoms with Crippen LogP contribution in [0, 0.1) is 0 Å². The minimum absolute atomic E-state index is 0.718. The number of unbranched alkanes of at least 4 members (excludes halogenated alkanes) is 1. The van der Waals surface area contributed by atoms with Gasteiger partial charge in [0.05, 0.1) is 21.7 Å². The van der Waals surface area contributed by atoms with Crippen LogP contribution in [0.15, 0.2) is 54.7 Å². The molecule has 0 spiro atoms. The van der Waals surface area contributed by atoms with Gasteiger partial charge in [0.25, 0.3) is 0 Å². The number of halogens is 1. The van der Waals surface area contributed by atoms with E-state index in [2.05, 4.69) is 28.2 Å². The number of nitrogens with zero attached hydrogens (tertiary/aromatic N) is 1. The van der Waals surface area contributed by atoms with Crippen molar-refractivity contribution in [1.29, 1.82) is 0 Å². The lowest BCUT2D eigenvalue weighted by Gasteiger charge is -2.06. The molecule has 0 radical (unpaired) electrons. The Hall–Kier alpha value is -2.36.